The summed E-state index contributed by atoms with van der Waals surface area (Å²) in [5.41, 5.74) is 2.35. The number of thioether (sulfide) groups is 1. The van der Waals surface area contributed by atoms with E-state index in [1.165, 1.54) is 26.2 Å². The van der Waals surface area contributed by atoms with Gasteiger partial charge in [0.2, 0.25) is 0 Å². The van der Waals surface area contributed by atoms with Gasteiger partial charge in [-0.05, 0) is 36.4 Å². The summed E-state index contributed by atoms with van der Waals surface area (Å²) in [5.74, 6) is -1.23. The Bertz CT molecular complexity index is 1330. The van der Waals surface area contributed by atoms with Crippen LogP contribution in [0.2, 0.25) is 0 Å². The molecule has 1 fully saturated rings. The minimum atomic E-state index is -1.02. The van der Waals surface area contributed by atoms with Crippen LogP contribution in [-0.2, 0) is 20.9 Å². The summed E-state index contributed by atoms with van der Waals surface area (Å²) in [7, 11) is 1.20. The van der Waals surface area contributed by atoms with E-state index in [9.17, 15) is 24.5 Å². The molecule has 1 atom stereocenters. The minimum absolute atomic E-state index is 0.0117. The van der Waals surface area contributed by atoms with Crippen LogP contribution in [0, 0.1) is 10.1 Å². The first-order valence-electron chi connectivity index (χ1n) is 9.96. The predicted octanol–water partition coefficient (Wildman–Crippen LogP) is 4.20. The number of ether oxygens (including phenoxy) is 1. The summed E-state index contributed by atoms with van der Waals surface area (Å²) in [4.78, 5) is 48.9. The van der Waals surface area contributed by atoms with Gasteiger partial charge >= 0.3 is 5.97 Å². The van der Waals surface area contributed by atoms with Crippen molar-refractivity contribution in [1.82, 2.24) is 9.47 Å². The lowest BCUT2D eigenvalue weighted by Gasteiger charge is -2.18. The molecule has 1 aromatic heterocycles. The molecule has 10 heteroatoms. The Labute approximate surface area is 192 Å². The van der Waals surface area contributed by atoms with Crippen LogP contribution in [0.5, 0.6) is 0 Å². The lowest BCUT2D eigenvalue weighted by Crippen LogP contribution is -2.42. The van der Waals surface area contributed by atoms with Crippen molar-refractivity contribution >= 4 is 51.5 Å². The van der Waals surface area contributed by atoms with Gasteiger partial charge in [-0.2, -0.15) is 0 Å². The molecule has 3 aromatic rings. The number of carbonyl (C=O) groups is 3. The predicted molar refractivity (Wildman–Crippen MR) is 123 cm³/mol. The summed E-state index contributed by atoms with van der Waals surface area (Å²) in [6, 6.07) is 12.9. The van der Waals surface area contributed by atoms with Gasteiger partial charge in [0, 0.05) is 41.3 Å². The molecule has 2 heterocycles. The maximum atomic E-state index is 12.9. The van der Waals surface area contributed by atoms with E-state index in [0.717, 1.165) is 33.1 Å². The molecule has 4 rings (SSSR count). The van der Waals surface area contributed by atoms with Gasteiger partial charge in [-0.1, -0.05) is 30.3 Å². The minimum Gasteiger partial charge on any atom is -0.467 e. The van der Waals surface area contributed by atoms with Crippen LogP contribution in [0.3, 0.4) is 0 Å². The van der Waals surface area contributed by atoms with Gasteiger partial charge in [0.05, 0.1) is 16.9 Å². The Morgan fingerprint density at radius 3 is 2.70 bits per heavy atom. The van der Waals surface area contributed by atoms with Crippen molar-refractivity contribution in [1.29, 1.82) is 0 Å². The van der Waals surface area contributed by atoms with Crippen molar-refractivity contribution in [2.45, 2.75) is 19.5 Å². The normalized spacial score (nSPS) is 15.9. The van der Waals surface area contributed by atoms with Crippen LogP contribution < -0.4 is 0 Å². The van der Waals surface area contributed by atoms with Crippen LogP contribution in [0.15, 0.2) is 59.6 Å². The van der Waals surface area contributed by atoms with E-state index in [4.69, 9.17) is 0 Å². The second-order valence-corrected chi connectivity index (χ2v) is 8.40. The smallest absolute Gasteiger partial charge is 0.328 e. The van der Waals surface area contributed by atoms with Gasteiger partial charge in [-0.15, -0.1) is 0 Å². The average Bonchev–Trinajstić information content (AvgIpc) is 3.29. The fraction of sp³-hybridized carbons (Fsp3) is 0.174. The number of hydrogen-bond acceptors (Lipinski definition) is 7. The number of carbonyl (C=O) groups excluding carboxylic acids is 3. The molecule has 2 aromatic carbocycles. The molecule has 0 unspecified atom stereocenters. The fourth-order valence-electron chi connectivity index (χ4n) is 3.72. The highest BCUT2D eigenvalue weighted by atomic mass is 32.2. The molecule has 0 N–H and O–H groups in total. The number of imide groups is 1. The van der Waals surface area contributed by atoms with Crippen LogP contribution in [-0.4, -0.2) is 44.7 Å². The molecular formula is C23H19N3O6S. The largest absolute Gasteiger partial charge is 0.467 e. The molecule has 0 saturated carbocycles. The first-order valence-corrected chi connectivity index (χ1v) is 10.8. The monoisotopic (exact) mass is 465 g/mol. The lowest BCUT2D eigenvalue weighted by atomic mass is 10.1. The third-order valence-electron chi connectivity index (χ3n) is 5.33. The standard InChI is InChI=1S/C23H19N3O6S/c1-14(22(28)32-2)25-21(27)20(33-23(25)29)11-16-13-24(19-9-4-3-8-18(16)19)12-15-6-5-7-17(10-15)26(30)31/h3-11,13-14H,12H2,1-2H3/b20-11+/t14-/m0/s1. The van der Waals surface area contributed by atoms with E-state index in [-0.39, 0.29) is 10.6 Å². The topological polar surface area (TPSA) is 112 Å². The van der Waals surface area contributed by atoms with E-state index in [1.807, 2.05) is 35.0 Å². The third kappa shape index (κ3) is 4.24. The molecular weight excluding hydrogens is 446 g/mol. The van der Waals surface area contributed by atoms with Crippen LogP contribution in [0.4, 0.5) is 10.5 Å². The quantitative estimate of drug-likeness (QED) is 0.232. The molecule has 1 saturated heterocycles. The van der Waals surface area contributed by atoms with Crippen LogP contribution in [0.1, 0.15) is 18.1 Å². The number of methoxy groups -OCH3 is 1. The second-order valence-electron chi connectivity index (χ2n) is 7.41. The number of rotatable bonds is 6. The number of aromatic nitrogens is 1. The number of nitro groups is 1. The fourth-order valence-corrected chi connectivity index (χ4v) is 4.62. The molecule has 1 aliphatic rings. The summed E-state index contributed by atoms with van der Waals surface area (Å²) in [6.07, 6.45) is 3.46. The summed E-state index contributed by atoms with van der Waals surface area (Å²) in [6.45, 7) is 1.83. The van der Waals surface area contributed by atoms with Crippen molar-refractivity contribution in [3.63, 3.8) is 0 Å². The van der Waals surface area contributed by atoms with Crippen molar-refractivity contribution < 1.29 is 24.0 Å². The van der Waals surface area contributed by atoms with E-state index >= 15 is 0 Å². The summed E-state index contributed by atoms with van der Waals surface area (Å²) >= 11 is 0.766. The number of para-hydroxylation sites is 1. The molecule has 9 nitrogen and oxygen atoms in total. The summed E-state index contributed by atoms with van der Waals surface area (Å²) < 4.78 is 6.59. The zero-order valence-electron chi connectivity index (χ0n) is 17.8. The zero-order chi connectivity index (χ0) is 23.7. The van der Waals surface area contributed by atoms with Gasteiger partial charge in [-0.25, -0.2) is 4.79 Å². The Morgan fingerprint density at radius 1 is 1.21 bits per heavy atom. The van der Waals surface area contributed by atoms with Gasteiger partial charge in [-0.3, -0.25) is 24.6 Å². The number of nitro benzene ring substituents is 1. The maximum Gasteiger partial charge on any atom is 0.328 e. The Morgan fingerprint density at radius 2 is 1.97 bits per heavy atom. The Kier molecular flexibility index (Phi) is 6.01. The Balaban J connectivity index is 1.70. The summed E-state index contributed by atoms with van der Waals surface area (Å²) in [5, 5.41) is 11.4. The van der Waals surface area contributed by atoms with Crippen LogP contribution in [0.25, 0.3) is 17.0 Å². The highest BCUT2D eigenvalue weighted by Crippen LogP contribution is 2.35. The van der Waals surface area contributed by atoms with Gasteiger partial charge in [0.25, 0.3) is 16.8 Å². The highest BCUT2D eigenvalue weighted by molar-refractivity contribution is 8.18. The molecule has 0 radical (unpaired) electrons. The van der Waals surface area contributed by atoms with Crippen molar-refractivity contribution in [2.24, 2.45) is 0 Å². The van der Waals surface area contributed by atoms with Gasteiger partial charge in [0.15, 0.2) is 0 Å². The number of nitrogens with zero attached hydrogens (tertiary/aromatic N) is 3. The number of amides is 2. The zero-order valence-corrected chi connectivity index (χ0v) is 18.6. The van der Waals surface area contributed by atoms with Gasteiger partial charge in [0.1, 0.15) is 6.04 Å². The molecule has 0 aliphatic carbocycles. The average molecular weight is 465 g/mol. The van der Waals surface area contributed by atoms with Gasteiger partial charge < -0.3 is 9.30 Å². The maximum absolute atomic E-state index is 12.9. The van der Waals surface area contributed by atoms with E-state index in [0.29, 0.717) is 12.1 Å². The number of non-ortho nitro benzene ring substituents is 1. The first kappa shape index (κ1) is 22.3. The molecule has 168 valence electrons. The highest BCUT2D eigenvalue weighted by Gasteiger charge is 2.41. The molecule has 2 amide bonds. The first-order chi connectivity index (χ1) is 15.8. The Hall–Kier alpha value is -3.92. The molecule has 0 bridgehead atoms. The van der Waals surface area contributed by atoms with E-state index in [2.05, 4.69) is 4.74 Å². The van der Waals surface area contributed by atoms with Crippen molar-refractivity contribution in [3.05, 3.63) is 80.9 Å². The molecule has 33 heavy (non-hydrogen) atoms. The van der Waals surface area contributed by atoms with Crippen molar-refractivity contribution in [3.8, 4) is 0 Å². The molecule has 1 aliphatic heterocycles. The SMILES string of the molecule is COC(=O)[C@H](C)N1C(=O)S/C(=C/c2cn(Cc3cccc([N+](=O)[O-])c3)c3ccccc23)C1=O. The number of hydrogen-bond donors (Lipinski definition) is 0. The van der Waals surface area contributed by atoms with Crippen LogP contribution >= 0.6 is 11.8 Å². The second kappa shape index (κ2) is 8.91. The number of fused-ring (bicyclic) bond motifs is 1. The van der Waals surface area contributed by atoms with E-state index in [1.54, 1.807) is 18.2 Å². The van der Waals surface area contributed by atoms with Crippen molar-refractivity contribution in [2.75, 3.05) is 7.11 Å². The number of benzene rings is 2. The van der Waals surface area contributed by atoms with E-state index < -0.39 is 28.1 Å². The number of esters is 1. The lowest BCUT2D eigenvalue weighted by molar-refractivity contribution is -0.384. The molecule has 0 spiro atoms. The third-order valence-corrected chi connectivity index (χ3v) is 6.22.